The van der Waals surface area contributed by atoms with E-state index in [9.17, 15) is 4.79 Å². The van der Waals surface area contributed by atoms with E-state index in [1.165, 1.54) is 25.5 Å². The zero-order valence-corrected chi connectivity index (χ0v) is 13.5. The maximum Gasteiger partial charge on any atom is 0.317 e. The number of likely N-dealkylation sites (tertiary alicyclic amines) is 1. The number of carbonyl (C=O) groups is 1. The average Bonchev–Trinajstić information content (AvgIpc) is 3.04. The highest BCUT2D eigenvalue weighted by Gasteiger charge is 2.29. The number of ether oxygens (including phenoxy) is 2. The highest BCUT2D eigenvalue weighted by atomic mass is 16.5. The monoisotopic (exact) mass is 320 g/mol. The highest BCUT2D eigenvalue weighted by molar-refractivity contribution is 5.74. The number of urea groups is 1. The van der Waals surface area contributed by atoms with Crippen LogP contribution < -0.4 is 14.8 Å². The molecule has 2 aliphatic rings. The number of hydrogen-bond acceptors (Lipinski definition) is 5. The van der Waals surface area contributed by atoms with Gasteiger partial charge in [0.1, 0.15) is 6.10 Å². The molecule has 0 radical (unpaired) electrons. The molecule has 126 valence electrons. The Balaban J connectivity index is 1.48. The maximum absolute atomic E-state index is 12.3. The van der Waals surface area contributed by atoms with Gasteiger partial charge in [-0.3, -0.25) is 4.98 Å². The van der Waals surface area contributed by atoms with Crippen molar-refractivity contribution in [3.63, 3.8) is 0 Å². The summed E-state index contributed by atoms with van der Waals surface area (Å²) in [6.07, 6.45) is 9.76. The van der Waals surface area contributed by atoms with E-state index in [1.54, 1.807) is 13.3 Å². The fourth-order valence-electron chi connectivity index (χ4n) is 3.18. The summed E-state index contributed by atoms with van der Waals surface area (Å²) in [5.74, 6) is 0.858. The van der Waals surface area contributed by atoms with Crippen LogP contribution in [0.15, 0.2) is 12.4 Å². The van der Waals surface area contributed by atoms with Crippen LogP contribution >= 0.6 is 0 Å². The molecular formula is C16H24N4O3. The molecule has 1 atom stereocenters. The zero-order valence-electron chi connectivity index (χ0n) is 13.5. The van der Waals surface area contributed by atoms with Crippen LogP contribution in [0.1, 0.15) is 38.5 Å². The predicted molar refractivity (Wildman–Crippen MR) is 84.6 cm³/mol. The molecule has 1 unspecified atom stereocenters. The van der Waals surface area contributed by atoms with Gasteiger partial charge in [0.25, 0.3) is 0 Å². The summed E-state index contributed by atoms with van der Waals surface area (Å²) < 4.78 is 10.8. The van der Waals surface area contributed by atoms with Gasteiger partial charge in [-0.05, 0) is 12.8 Å². The lowest BCUT2D eigenvalue weighted by Crippen LogP contribution is -2.45. The average molecular weight is 320 g/mol. The molecule has 0 spiro atoms. The standard InChI is InChI=1S/C16H24N4O3/c1-22-14-9-17-10-15(19-14)23-13-7-8-20(11-13)16(21)18-12-5-3-2-4-6-12/h9-10,12-13H,2-8,11H2,1H3,(H,18,21). The topological polar surface area (TPSA) is 76.6 Å². The van der Waals surface area contributed by atoms with Crippen LogP contribution in [-0.2, 0) is 0 Å². The summed E-state index contributed by atoms with van der Waals surface area (Å²) in [6.45, 7) is 1.29. The van der Waals surface area contributed by atoms with Crippen molar-refractivity contribution < 1.29 is 14.3 Å². The second-order valence-electron chi connectivity index (χ2n) is 6.16. The van der Waals surface area contributed by atoms with Gasteiger partial charge in [0.05, 0.1) is 26.0 Å². The van der Waals surface area contributed by atoms with Gasteiger partial charge in [-0.1, -0.05) is 19.3 Å². The fourth-order valence-corrected chi connectivity index (χ4v) is 3.18. The third kappa shape index (κ3) is 4.24. The van der Waals surface area contributed by atoms with Gasteiger partial charge in [0, 0.05) is 19.0 Å². The van der Waals surface area contributed by atoms with Gasteiger partial charge in [-0.2, -0.15) is 4.98 Å². The summed E-state index contributed by atoms with van der Waals surface area (Å²) in [5, 5.41) is 3.15. The summed E-state index contributed by atoms with van der Waals surface area (Å²) in [7, 11) is 1.54. The Bertz CT molecular complexity index is 534. The number of carbonyl (C=O) groups excluding carboxylic acids is 1. The quantitative estimate of drug-likeness (QED) is 0.918. The van der Waals surface area contributed by atoms with Crippen molar-refractivity contribution in [2.75, 3.05) is 20.2 Å². The Morgan fingerprint density at radius 3 is 2.78 bits per heavy atom. The summed E-state index contributed by atoms with van der Waals surface area (Å²) >= 11 is 0. The van der Waals surface area contributed by atoms with E-state index < -0.39 is 0 Å². The molecule has 7 heteroatoms. The van der Waals surface area contributed by atoms with Crippen molar-refractivity contribution in [2.45, 2.75) is 50.7 Å². The van der Waals surface area contributed by atoms with Crippen molar-refractivity contribution in [1.29, 1.82) is 0 Å². The molecule has 7 nitrogen and oxygen atoms in total. The van der Waals surface area contributed by atoms with Crippen LogP contribution in [-0.4, -0.2) is 53.2 Å². The molecule has 2 fully saturated rings. The van der Waals surface area contributed by atoms with Crippen molar-refractivity contribution in [3.8, 4) is 11.8 Å². The van der Waals surface area contributed by atoms with E-state index in [0.717, 1.165) is 19.3 Å². The third-order valence-electron chi connectivity index (χ3n) is 4.45. The Morgan fingerprint density at radius 1 is 1.22 bits per heavy atom. The van der Waals surface area contributed by atoms with Gasteiger partial charge in [0.2, 0.25) is 11.8 Å². The number of aromatic nitrogens is 2. The van der Waals surface area contributed by atoms with Crippen LogP contribution in [0.25, 0.3) is 0 Å². The number of nitrogens with zero attached hydrogens (tertiary/aromatic N) is 3. The number of amides is 2. The summed E-state index contributed by atoms with van der Waals surface area (Å²) in [4.78, 5) is 22.4. The maximum atomic E-state index is 12.3. The molecular weight excluding hydrogens is 296 g/mol. The molecule has 2 amide bonds. The smallest absolute Gasteiger partial charge is 0.317 e. The Hall–Kier alpha value is -2.05. The minimum atomic E-state index is -0.0477. The Morgan fingerprint density at radius 2 is 2.00 bits per heavy atom. The SMILES string of the molecule is COc1cncc(OC2CCN(C(=O)NC3CCCCC3)C2)n1. The molecule has 1 N–H and O–H groups in total. The van der Waals surface area contributed by atoms with Gasteiger partial charge < -0.3 is 19.7 Å². The zero-order chi connectivity index (χ0) is 16.1. The lowest BCUT2D eigenvalue weighted by atomic mass is 9.96. The van der Waals surface area contributed by atoms with E-state index >= 15 is 0 Å². The number of rotatable bonds is 4. The molecule has 1 saturated carbocycles. The molecule has 1 saturated heterocycles. The molecule has 1 aromatic rings. The Labute approximate surface area is 136 Å². The van der Waals surface area contributed by atoms with Crippen LogP contribution in [0.5, 0.6) is 11.8 Å². The second kappa shape index (κ2) is 7.48. The van der Waals surface area contributed by atoms with E-state index in [2.05, 4.69) is 15.3 Å². The van der Waals surface area contributed by atoms with Crippen LogP contribution in [0, 0.1) is 0 Å². The van der Waals surface area contributed by atoms with Crippen molar-refractivity contribution in [1.82, 2.24) is 20.2 Å². The first-order chi connectivity index (χ1) is 11.2. The van der Waals surface area contributed by atoms with E-state index in [4.69, 9.17) is 9.47 Å². The minimum Gasteiger partial charge on any atom is -0.480 e. The van der Waals surface area contributed by atoms with Crippen molar-refractivity contribution >= 4 is 6.03 Å². The molecule has 0 aromatic carbocycles. The largest absolute Gasteiger partial charge is 0.480 e. The summed E-state index contributed by atoms with van der Waals surface area (Å²) in [6, 6.07) is 0.361. The molecule has 2 heterocycles. The van der Waals surface area contributed by atoms with Crippen LogP contribution in [0.4, 0.5) is 4.79 Å². The lowest BCUT2D eigenvalue weighted by Gasteiger charge is -2.26. The second-order valence-corrected chi connectivity index (χ2v) is 6.16. The highest BCUT2D eigenvalue weighted by Crippen LogP contribution is 2.20. The molecule has 1 aliphatic carbocycles. The first-order valence-corrected chi connectivity index (χ1v) is 8.33. The van der Waals surface area contributed by atoms with Crippen molar-refractivity contribution in [2.24, 2.45) is 0 Å². The Kier molecular flexibility index (Phi) is 5.15. The predicted octanol–water partition coefficient (Wildman–Crippen LogP) is 1.98. The number of methoxy groups -OCH3 is 1. The first-order valence-electron chi connectivity index (χ1n) is 8.33. The van der Waals surface area contributed by atoms with Crippen LogP contribution in [0.2, 0.25) is 0 Å². The van der Waals surface area contributed by atoms with E-state index in [1.807, 2.05) is 4.90 Å². The van der Waals surface area contributed by atoms with Crippen LogP contribution in [0.3, 0.4) is 0 Å². The van der Waals surface area contributed by atoms with Gasteiger partial charge >= 0.3 is 6.03 Å². The fraction of sp³-hybridized carbons (Fsp3) is 0.688. The molecule has 3 rings (SSSR count). The molecule has 1 aromatic heterocycles. The van der Waals surface area contributed by atoms with Gasteiger partial charge in [-0.15, -0.1) is 0 Å². The molecule has 23 heavy (non-hydrogen) atoms. The molecule has 1 aliphatic heterocycles. The normalized spacial score (nSPS) is 22.0. The van der Waals surface area contributed by atoms with Gasteiger partial charge in [-0.25, -0.2) is 4.79 Å². The first kappa shape index (κ1) is 15.8. The number of nitrogens with one attached hydrogen (secondary N) is 1. The van der Waals surface area contributed by atoms with E-state index in [0.29, 0.717) is 30.9 Å². The minimum absolute atomic E-state index is 0.0275. The third-order valence-corrected chi connectivity index (χ3v) is 4.45. The van der Waals surface area contributed by atoms with Gasteiger partial charge in [0.15, 0.2) is 0 Å². The van der Waals surface area contributed by atoms with Crippen molar-refractivity contribution in [3.05, 3.63) is 12.4 Å². The van der Waals surface area contributed by atoms with E-state index in [-0.39, 0.29) is 12.1 Å². The number of hydrogen-bond donors (Lipinski definition) is 1. The summed E-state index contributed by atoms with van der Waals surface area (Å²) in [5.41, 5.74) is 0. The molecule has 0 bridgehead atoms. The lowest BCUT2D eigenvalue weighted by molar-refractivity contribution is 0.177.